The maximum Gasteiger partial charge on any atom is 0.471 e. The third-order valence-corrected chi connectivity index (χ3v) is 7.98. The summed E-state index contributed by atoms with van der Waals surface area (Å²) in [5.74, 6) is -4.94. The van der Waals surface area contributed by atoms with E-state index in [1.54, 1.807) is 6.07 Å². The highest BCUT2D eigenvalue weighted by molar-refractivity contribution is 5.54. The van der Waals surface area contributed by atoms with Gasteiger partial charge in [-0.2, -0.15) is 36.3 Å². The van der Waals surface area contributed by atoms with Crippen LogP contribution in [0.1, 0.15) is 23.8 Å². The van der Waals surface area contributed by atoms with Gasteiger partial charge in [-0.3, -0.25) is 14.5 Å². The van der Waals surface area contributed by atoms with Gasteiger partial charge in [-0.05, 0) is 24.6 Å². The van der Waals surface area contributed by atoms with Crippen molar-refractivity contribution in [3.8, 4) is 22.8 Å². The Labute approximate surface area is 270 Å². The van der Waals surface area contributed by atoms with Crippen molar-refractivity contribution >= 4 is 0 Å². The zero-order valence-electron chi connectivity index (χ0n) is 25.0. The zero-order valence-corrected chi connectivity index (χ0v) is 25.0. The fourth-order valence-corrected chi connectivity index (χ4v) is 5.57. The van der Waals surface area contributed by atoms with E-state index in [1.807, 2.05) is 4.90 Å². The molecule has 258 valence electrons. The number of alkyl halides is 6. The number of halogens is 7. The Kier molecular flexibility index (Phi) is 8.97. The zero-order chi connectivity index (χ0) is 35.0. The van der Waals surface area contributed by atoms with Crippen LogP contribution in [-0.4, -0.2) is 67.2 Å². The molecule has 12 nitrogen and oxygen atoms in total. The molecule has 0 saturated carbocycles. The molecule has 6 rings (SSSR count). The summed E-state index contributed by atoms with van der Waals surface area (Å²) in [6, 6.07) is 10.1. The number of morpholine rings is 1. The van der Waals surface area contributed by atoms with Gasteiger partial charge in [-0.25, -0.2) is 4.39 Å². The SMILES string of the molecule is O=c1cc(-c2noc(C(F)(F)F)n2)ccn1CC(CCN1CCOCC1)(c1ccccc1F)n1ccc(-c2noc(C(F)(F)F)n2)cc1=O. The minimum absolute atomic E-state index is 0.0148. The van der Waals surface area contributed by atoms with E-state index in [0.29, 0.717) is 32.8 Å². The number of hydrogen-bond donors (Lipinski definition) is 0. The molecule has 1 aliphatic rings. The minimum atomic E-state index is -4.92. The Bertz CT molecular complexity index is 2060. The second kappa shape index (κ2) is 13.0. The van der Waals surface area contributed by atoms with Crippen LogP contribution in [0.15, 0.2) is 79.6 Å². The van der Waals surface area contributed by atoms with E-state index < -0.39 is 58.3 Å². The summed E-state index contributed by atoms with van der Waals surface area (Å²) in [6.07, 6.45) is -7.31. The molecule has 5 aromatic rings. The van der Waals surface area contributed by atoms with Gasteiger partial charge in [-0.15, -0.1) is 0 Å². The average molecular weight is 696 g/mol. The van der Waals surface area contributed by atoms with Gasteiger partial charge in [0.05, 0.1) is 25.3 Å². The van der Waals surface area contributed by atoms with Crippen LogP contribution >= 0.6 is 0 Å². The predicted molar refractivity (Wildman–Crippen MR) is 153 cm³/mol. The smallest absolute Gasteiger partial charge is 0.379 e. The van der Waals surface area contributed by atoms with Gasteiger partial charge >= 0.3 is 24.1 Å². The van der Waals surface area contributed by atoms with Gasteiger partial charge in [0.25, 0.3) is 11.1 Å². The summed E-state index contributed by atoms with van der Waals surface area (Å²) < 4.78 is 110. The van der Waals surface area contributed by atoms with Crippen LogP contribution in [0.25, 0.3) is 22.8 Å². The Hall–Kier alpha value is -5.17. The van der Waals surface area contributed by atoms with E-state index in [0.717, 1.165) is 16.7 Å². The number of nitrogens with zero attached hydrogens (tertiary/aromatic N) is 7. The van der Waals surface area contributed by atoms with E-state index in [9.17, 15) is 35.9 Å². The molecule has 49 heavy (non-hydrogen) atoms. The monoisotopic (exact) mass is 695 g/mol. The highest BCUT2D eigenvalue weighted by Gasteiger charge is 2.41. The summed E-state index contributed by atoms with van der Waals surface area (Å²) in [5, 5.41) is 6.63. The Morgan fingerprint density at radius 3 is 1.86 bits per heavy atom. The van der Waals surface area contributed by atoms with Gasteiger partial charge in [0.15, 0.2) is 0 Å². The molecule has 1 atom stereocenters. The van der Waals surface area contributed by atoms with Gasteiger partial charge in [0.1, 0.15) is 5.82 Å². The molecule has 0 aliphatic carbocycles. The fourth-order valence-electron chi connectivity index (χ4n) is 5.57. The van der Waals surface area contributed by atoms with Gasteiger partial charge in [-0.1, -0.05) is 28.5 Å². The van der Waals surface area contributed by atoms with Crippen molar-refractivity contribution < 1.29 is 44.5 Å². The van der Waals surface area contributed by atoms with Gasteiger partial charge in [0, 0.05) is 60.9 Å². The van der Waals surface area contributed by atoms with Crippen LogP contribution in [0.4, 0.5) is 30.7 Å². The molecular weight excluding hydrogens is 671 g/mol. The lowest BCUT2D eigenvalue weighted by molar-refractivity contribution is -0.160. The minimum Gasteiger partial charge on any atom is -0.379 e. The van der Waals surface area contributed by atoms with Gasteiger partial charge in [0.2, 0.25) is 11.6 Å². The number of hydrogen-bond acceptors (Lipinski definition) is 10. The quantitative estimate of drug-likeness (QED) is 0.204. The van der Waals surface area contributed by atoms with Crippen LogP contribution in [-0.2, 0) is 29.2 Å². The van der Waals surface area contributed by atoms with E-state index in [2.05, 4.69) is 29.3 Å². The molecule has 0 radical (unpaired) electrons. The van der Waals surface area contributed by atoms with E-state index in [-0.39, 0.29) is 29.7 Å². The van der Waals surface area contributed by atoms with Crippen LogP contribution in [0.3, 0.4) is 0 Å². The van der Waals surface area contributed by atoms with Crippen LogP contribution in [0.2, 0.25) is 0 Å². The predicted octanol–water partition coefficient (Wildman–Crippen LogP) is 4.45. The van der Waals surface area contributed by atoms with Crippen molar-refractivity contribution in [2.75, 3.05) is 32.8 Å². The number of benzene rings is 1. The number of pyridine rings is 2. The Morgan fingerprint density at radius 2 is 1.33 bits per heavy atom. The van der Waals surface area contributed by atoms with Crippen molar-refractivity contribution in [1.82, 2.24) is 34.3 Å². The van der Waals surface area contributed by atoms with Crippen LogP contribution in [0.5, 0.6) is 0 Å². The Balaban J connectivity index is 1.46. The maximum atomic E-state index is 15.8. The standard InChI is InChI=1S/C30H24F7N7O5/c31-21-4-2-1-3-20(21)28(7-10-42-11-13-47-14-12-42,44-9-6-19(16-23(44)46)25-39-27(49-41-25)30(35,36)37)17-43-8-5-18(15-22(43)45)24-38-26(48-40-24)29(32,33)34/h1-6,8-9,15-16H,7,10-14,17H2. The van der Waals surface area contributed by atoms with Crippen molar-refractivity contribution in [2.24, 2.45) is 0 Å². The second-order valence-corrected chi connectivity index (χ2v) is 11.1. The van der Waals surface area contributed by atoms with Crippen LogP contribution in [0, 0.1) is 5.82 Å². The number of aromatic nitrogens is 6. The summed E-state index contributed by atoms with van der Waals surface area (Å²) >= 11 is 0. The summed E-state index contributed by atoms with van der Waals surface area (Å²) in [7, 11) is 0. The number of rotatable bonds is 9. The molecular formula is C30H24F7N7O5. The van der Waals surface area contributed by atoms with Crippen molar-refractivity contribution in [3.05, 3.63) is 105 Å². The van der Waals surface area contributed by atoms with E-state index in [4.69, 9.17) is 4.74 Å². The molecule has 1 aliphatic heterocycles. The largest absolute Gasteiger partial charge is 0.471 e. The lowest BCUT2D eigenvalue weighted by Crippen LogP contribution is -2.50. The van der Waals surface area contributed by atoms with Crippen molar-refractivity contribution in [3.63, 3.8) is 0 Å². The third-order valence-electron chi connectivity index (χ3n) is 7.98. The second-order valence-electron chi connectivity index (χ2n) is 11.1. The summed E-state index contributed by atoms with van der Waals surface area (Å²) in [5.41, 5.74) is -3.38. The molecule has 0 spiro atoms. The molecule has 1 aromatic carbocycles. The third kappa shape index (κ3) is 7.02. The van der Waals surface area contributed by atoms with Crippen molar-refractivity contribution in [2.45, 2.75) is 30.9 Å². The molecule has 19 heteroatoms. The fraction of sp³-hybridized carbons (Fsp3) is 0.333. The molecule has 1 unspecified atom stereocenters. The van der Waals surface area contributed by atoms with E-state index >= 15 is 4.39 Å². The first-order chi connectivity index (χ1) is 23.2. The normalized spacial score (nSPS) is 15.7. The molecule has 4 aromatic heterocycles. The Morgan fingerprint density at radius 1 is 0.755 bits per heavy atom. The topological polar surface area (TPSA) is 134 Å². The van der Waals surface area contributed by atoms with Crippen molar-refractivity contribution in [1.29, 1.82) is 0 Å². The molecule has 0 N–H and O–H groups in total. The molecule has 1 fully saturated rings. The highest BCUT2D eigenvalue weighted by atomic mass is 19.4. The first kappa shape index (κ1) is 33.7. The average Bonchev–Trinajstić information content (AvgIpc) is 3.77. The summed E-state index contributed by atoms with van der Waals surface area (Å²) in [6.45, 7) is 1.84. The molecule has 1 saturated heterocycles. The molecule has 5 heterocycles. The number of ether oxygens (including phenoxy) is 1. The molecule has 0 amide bonds. The van der Waals surface area contributed by atoms with Crippen LogP contribution < -0.4 is 11.1 Å². The highest BCUT2D eigenvalue weighted by Crippen LogP contribution is 2.35. The maximum absolute atomic E-state index is 15.8. The first-order valence-corrected chi connectivity index (χ1v) is 14.6. The molecule has 0 bridgehead atoms. The van der Waals surface area contributed by atoms with Gasteiger partial charge < -0.3 is 22.9 Å². The van der Waals surface area contributed by atoms with E-state index in [1.165, 1.54) is 47.3 Å². The first-order valence-electron chi connectivity index (χ1n) is 14.6. The lowest BCUT2D eigenvalue weighted by atomic mass is 9.84. The summed E-state index contributed by atoms with van der Waals surface area (Å²) in [4.78, 5) is 36.0. The lowest BCUT2D eigenvalue weighted by Gasteiger charge is -2.39.